The number of nitrogens with one attached hydrogen (secondary N) is 3. The molecule has 5 heteroatoms. The van der Waals surface area contributed by atoms with Gasteiger partial charge in [-0.1, -0.05) is 27.7 Å². The molecular formula is C12H22N4O. The summed E-state index contributed by atoms with van der Waals surface area (Å²) in [5.41, 5.74) is 1.03. The van der Waals surface area contributed by atoms with E-state index in [2.05, 4.69) is 34.7 Å². The highest BCUT2D eigenvalue weighted by atomic mass is 16.1. The number of anilines is 1. The molecule has 1 amide bonds. The van der Waals surface area contributed by atoms with E-state index in [1.54, 1.807) is 0 Å². The molecule has 0 saturated carbocycles. The highest BCUT2D eigenvalue weighted by Crippen LogP contribution is 2.15. The Morgan fingerprint density at radius 2 is 2.18 bits per heavy atom. The second-order valence-electron chi connectivity index (χ2n) is 4.56. The van der Waals surface area contributed by atoms with E-state index in [0.717, 1.165) is 12.2 Å². The Bertz CT molecular complexity index is 359. The van der Waals surface area contributed by atoms with Crippen molar-refractivity contribution in [3.8, 4) is 0 Å². The Kier molecular flexibility index (Phi) is 5.15. The molecule has 1 rings (SSSR count). The first-order valence-corrected chi connectivity index (χ1v) is 6.11. The second kappa shape index (κ2) is 6.39. The van der Waals surface area contributed by atoms with Crippen LogP contribution in [0.25, 0.3) is 0 Å². The van der Waals surface area contributed by atoms with Crippen LogP contribution < -0.4 is 10.6 Å². The summed E-state index contributed by atoms with van der Waals surface area (Å²) in [6, 6.07) is 1.88. The molecule has 96 valence electrons. The number of aromatic nitrogens is 2. The number of nitrogens with zero attached hydrogens (tertiary/aromatic N) is 1. The van der Waals surface area contributed by atoms with Gasteiger partial charge in [0.1, 0.15) is 0 Å². The van der Waals surface area contributed by atoms with Crippen molar-refractivity contribution in [2.75, 3.05) is 18.4 Å². The third kappa shape index (κ3) is 4.19. The maximum Gasteiger partial charge on any atom is 0.229 e. The van der Waals surface area contributed by atoms with Crippen LogP contribution in [-0.2, 0) is 4.79 Å². The van der Waals surface area contributed by atoms with Gasteiger partial charge in [-0.2, -0.15) is 5.10 Å². The van der Waals surface area contributed by atoms with Crippen molar-refractivity contribution in [1.29, 1.82) is 0 Å². The predicted molar refractivity (Wildman–Crippen MR) is 69.0 cm³/mol. The molecule has 0 aliphatic carbocycles. The quantitative estimate of drug-likeness (QED) is 0.706. The van der Waals surface area contributed by atoms with Gasteiger partial charge in [0.25, 0.3) is 0 Å². The SMILES string of the molecule is CCNCC(C)C(=O)Nc1cc(C(C)C)[nH]n1. The maximum atomic E-state index is 11.8. The van der Waals surface area contributed by atoms with Crippen LogP contribution in [0, 0.1) is 5.92 Å². The summed E-state index contributed by atoms with van der Waals surface area (Å²) in [6.45, 7) is 9.63. The van der Waals surface area contributed by atoms with Gasteiger partial charge < -0.3 is 10.6 Å². The summed E-state index contributed by atoms with van der Waals surface area (Å²) in [4.78, 5) is 11.8. The normalized spacial score (nSPS) is 12.8. The average molecular weight is 238 g/mol. The van der Waals surface area contributed by atoms with Gasteiger partial charge in [-0.3, -0.25) is 9.89 Å². The van der Waals surface area contributed by atoms with Crippen LogP contribution in [-0.4, -0.2) is 29.2 Å². The first-order chi connectivity index (χ1) is 8.04. The van der Waals surface area contributed by atoms with Crippen LogP contribution in [0.15, 0.2) is 6.07 Å². The molecule has 0 bridgehead atoms. The lowest BCUT2D eigenvalue weighted by molar-refractivity contribution is -0.119. The van der Waals surface area contributed by atoms with Gasteiger partial charge in [0.05, 0.1) is 0 Å². The zero-order chi connectivity index (χ0) is 12.8. The van der Waals surface area contributed by atoms with Crippen molar-refractivity contribution < 1.29 is 4.79 Å². The minimum Gasteiger partial charge on any atom is -0.316 e. The smallest absolute Gasteiger partial charge is 0.229 e. The first-order valence-electron chi connectivity index (χ1n) is 6.11. The summed E-state index contributed by atoms with van der Waals surface area (Å²) in [5, 5.41) is 12.9. The largest absolute Gasteiger partial charge is 0.316 e. The molecule has 0 saturated heterocycles. The van der Waals surface area contributed by atoms with Crippen molar-refractivity contribution in [1.82, 2.24) is 15.5 Å². The van der Waals surface area contributed by atoms with Gasteiger partial charge in [0.2, 0.25) is 5.91 Å². The zero-order valence-corrected chi connectivity index (χ0v) is 11.0. The topological polar surface area (TPSA) is 69.8 Å². The number of H-pyrrole nitrogens is 1. The molecule has 1 aromatic heterocycles. The average Bonchev–Trinajstić information content (AvgIpc) is 2.74. The van der Waals surface area contributed by atoms with Crippen LogP contribution in [0.1, 0.15) is 39.3 Å². The van der Waals surface area contributed by atoms with Crippen LogP contribution >= 0.6 is 0 Å². The first kappa shape index (κ1) is 13.7. The summed E-state index contributed by atoms with van der Waals surface area (Å²) in [7, 11) is 0. The minimum atomic E-state index is -0.0610. The second-order valence-corrected chi connectivity index (χ2v) is 4.56. The lowest BCUT2D eigenvalue weighted by Gasteiger charge is -2.10. The molecule has 0 aliphatic rings. The van der Waals surface area contributed by atoms with Crippen molar-refractivity contribution in [3.63, 3.8) is 0 Å². The number of rotatable bonds is 6. The van der Waals surface area contributed by atoms with E-state index in [1.807, 2.05) is 19.9 Å². The number of amides is 1. The highest BCUT2D eigenvalue weighted by Gasteiger charge is 2.14. The van der Waals surface area contributed by atoms with Crippen LogP contribution in [0.2, 0.25) is 0 Å². The highest BCUT2D eigenvalue weighted by molar-refractivity contribution is 5.91. The Balaban J connectivity index is 2.49. The lowest BCUT2D eigenvalue weighted by atomic mass is 10.1. The molecule has 1 aromatic rings. The monoisotopic (exact) mass is 238 g/mol. The molecular weight excluding hydrogens is 216 g/mol. The standard InChI is InChI=1S/C12H22N4O/c1-5-13-7-9(4)12(17)14-11-6-10(8(2)3)15-16-11/h6,8-9,13H,5,7H2,1-4H3,(H2,14,15,16,17). The van der Waals surface area contributed by atoms with Gasteiger partial charge in [-0.15, -0.1) is 0 Å². The third-order valence-corrected chi connectivity index (χ3v) is 2.62. The van der Waals surface area contributed by atoms with E-state index in [4.69, 9.17) is 0 Å². The summed E-state index contributed by atoms with van der Waals surface area (Å²) >= 11 is 0. The fourth-order valence-corrected chi connectivity index (χ4v) is 1.40. The molecule has 0 fully saturated rings. The van der Waals surface area contributed by atoms with Gasteiger partial charge in [-0.05, 0) is 12.5 Å². The fourth-order valence-electron chi connectivity index (χ4n) is 1.40. The Labute approximate surface area is 102 Å². The predicted octanol–water partition coefficient (Wildman–Crippen LogP) is 1.72. The molecule has 17 heavy (non-hydrogen) atoms. The maximum absolute atomic E-state index is 11.8. The molecule has 1 heterocycles. The van der Waals surface area contributed by atoms with E-state index in [0.29, 0.717) is 18.3 Å². The molecule has 1 unspecified atom stereocenters. The molecule has 0 radical (unpaired) electrons. The molecule has 0 aromatic carbocycles. The third-order valence-electron chi connectivity index (χ3n) is 2.62. The molecule has 0 spiro atoms. The zero-order valence-electron chi connectivity index (χ0n) is 11.0. The molecule has 3 N–H and O–H groups in total. The minimum absolute atomic E-state index is 0.00671. The van der Waals surface area contributed by atoms with E-state index < -0.39 is 0 Å². The van der Waals surface area contributed by atoms with Crippen molar-refractivity contribution >= 4 is 11.7 Å². The fraction of sp³-hybridized carbons (Fsp3) is 0.667. The van der Waals surface area contributed by atoms with Crippen molar-refractivity contribution in [2.24, 2.45) is 5.92 Å². The number of hydrogen-bond acceptors (Lipinski definition) is 3. The van der Waals surface area contributed by atoms with Gasteiger partial charge >= 0.3 is 0 Å². The van der Waals surface area contributed by atoms with E-state index in [1.165, 1.54) is 0 Å². The Hall–Kier alpha value is -1.36. The van der Waals surface area contributed by atoms with Gasteiger partial charge in [0, 0.05) is 24.2 Å². The van der Waals surface area contributed by atoms with E-state index in [-0.39, 0.29) is 11.8 Å². The summed E-state index contributed by atoms with van der Waals surface area (Å²) in [5.74, 6) is 0.913. The molecule has 1 atom stereocenters. The Morgan fingerprint density at radius 3 is 2.71 bits per heavy atom. The van der Waals surface area contributed by atoms with Gasteiger partial charge in [0.15, 0.2) is 5.82 Å². The number of carbonyl (C=O) groups excluding carboxylic acids is 1. The van der Waals surface area contributed by atoms with Crippen molar-refractivity contribution in [2.45, 2.75) is 33.6 Å². The van der Waals surface area contributed by atoms with Gasteiger partial charge in [-0.25, -0.2) is 0 Å². The number of aromatic amines is 1. The summed E-state index contributed by atoms with van der Waals surface area (Å²) < 4.78 is 0. The van der Waals surface area contributed by atoms with E-state index >= 15 is 0 Å². The lowest BCUT2D eigenvalue weighted by Crippen LogP contribution is -2.30. The molecule has 5 nitrogen and oxygen atoms in total. The van der Waals surface area contributed by atoms with Crippen LogP contribution in [0.4, 0.5) is 5.82 Å². The van der Waals surface area contributed by atoms with Crippen molar-refractivity contribution in [3.05, 3.63) is 11.8 Å². The molecule has 0 aliphatic heterocycles. The van der Waals surface area contributed by atoms with Crippen LogP contribution in [0.5, 0.6) is 0 Å². The van der Waals surface area contributed by atoms with E-state index in [9.17, 15) is 4.79 Å². The number of carbonyl (C=O) groups is 1. The number of hydrogen-bond donors (Lipinski definition) is 3. The summed E-state index contributed by atoms with van der Waals surface area (Å²) in [6.07, 6.45) is 0. The Morgan fingerprint density at radius 1 is 1.47 bits per heavy atom. The van der Waals surface area contributed by atoms with Crippen LogP contribution in [0.3, 0.4) is 0 Å².